The number of rotatable bonds is 1. The number of aromatic amines is 1. The van der Waals surface area contributed by atoms with Crippen molar-refractivity contribution in [1.29, 1.82) is 0 Å². The minimum absolute atomic E-state index is 0. The maximum absolute atomic E-state index is 13.3. The zero-order chi connectivity index (χ0) is 14.4. The molecule has 0 spiro atoms. The third-order valence-corrected chi connectivity index (χ3v) is 4.00. The van der Waals surface area contributed by atoms with Gasteiger partial charge in [-0.3, -0.25) is 4.79 Å². The van der Waals surface area contributed by atoms with E-state index < -0.39 is 5.82 Å². The van der Waals surface area contributed by atoms with Gasteiger partial charge in [0.1, 0.15) is 16.9 Å². The minimum atomic E-state index is -0.434. The Kier molecular flexibility index (Phi) is 3.84. The summed E-state index contributed by atoms with van der Waals surface area (Å²) in [5.74, 6) is -0.160. The van der Waals surface area contributed by atoms with Crippen LogP contribution in [0.15, 0.2) is 23.1 Å². The average Bonchev–Trinajstić information content (AvgIpc) is 2.84. The van der Waals surface area contributed by atoms with Crippen molar-refractivity contribution in [1.82, 2.24) is 24.9 Å². The van der Waals surface area contributed by atoms with Crippen molar-refractivity contribution in [3.8, 4) is 0 Å². The lowest BCUT2D eigenvalue weighted by Crippen LogP contribution is -2.28. The molecule has 0 saturated carbocycles. The quantitative estimate of drug-likeness (QED) is 0.713. The second-order valence-electron chi connectivity index (χ2n) is 5.36. The molecule has 3 aromatic heterocycles. The fourth-order valence-electron chi connectivity index (χ4n) is 3.00. The number of hydrogen-bond donors (Lipinski definition) is 2. The summed E-state index contributed by atoms with van der Waals surface area (Å²) in [6, 6.07) is 2.92. The van der Waals surface area contributed by atoms with Crippen LogP contribution in [0.5, 0.6) is 0 Å². The number of fused-ring (bicyclic) bond motifs is 3. The lowest BCUT2D eigenvalue weighted by atomic mass is 9.94. The van der Waals surface area contributed by atoms with Gasteiger partial charge >= 0.3 is 0 Å². The number of halogens is 2. The van der Waals surface area contributed by atoms with Crippen LogP contribution >= 0.6 is 12.4 Å². The molecule has 1 aliphatic rings. The first kappa shape index (κ1) is 14.9. The Morgan fingerprint density at radius 2 is 2.05 bits per heavy atom. The third-order valence-electron chi connectivity index (χ3n) is 4.00. The summed E-state index contributed by atoms with van der Waals surface area (Å²) in [6.07, 6.45) is 3.05. The summed E-state index contributed by atoms with van der Waals surface area (Å²) in [4.78, 5) is 18.8. The van der Waals surface area contributed by atoms with E-state index in [2.05, 4.69) is 20.4 Å². The molecule has 116 valence electrons. The number of H-pyrrole nitrogens is 1. The predicted molar refractivity (Wildman–Crippen MR) is 83.2 cm³/mol. The molecule has 0 amide bonds. The Balaban J connectivity index is 0.00000144. The second kappa shape index (κ2) is 5.66. The molecule has 0 aromatic carbocycles. The molecule has 0 atom stereocenters. The van der Waals surface area contributed by atoms with Gasteiger partial charge in [-0.2, -0.15) is 5.10 Å². The van der Waals surface area contributed by atoms with E-state index in [1.807, 2.05) is 0 Å². The number of nitrogens with one attached hydrogen (secondary N) is 2. The van der Waals surface area contributed by atoms with Gasteiger partial charge in [0.2, 0.25) is 0 Å². The minimum Gasteiger partial charge on any atom is -0.317 e. The lowest BCUT2D eigenvalue weighted by molar-refractivity contribution is 0.446. The van der Waals surface area contributed by atoms with Gasteiger partial charge < -0.3 is 10.3 Å². The van der Waals surface area contributed by atoms with Crippen LogP contribution in [0, 0.1) is 5.82 Å². The number of aromatic nitrogens is 4. The van der Waals surface area contributed by atoms with Crippen molar-refractivity contribution < 1.29 is 4.39 Å². The molecule has 22 heavy (non-hydrogen) atoms. The maximum Gasteiger partial charge on any atom is 0.251 e. The maximum atomic E-state index is 13.3. The van der Waals surface area contributed by atoms with Crippen molar-refractivity contribution >= 4 is 29.1 Å². The molecule has 1 saturated heterocycles. The number of pyridine rings is 1. The first-order valence-electron chi connectivity index (χ1n) is 7.00. The van der Waals surface area contributed by atoms with E-state index in [4.69, 9.17) is 0 Å². The Labute approximate surface area is 131 Å². The van der Waals surface area contributed by atoms with Crippen molar-refractivity contribution in [3.63, 3.8) is 0 Å². The highest BCUT2D eigenvalue weighted by Gasteiger charge is 2.21. The van der Waals surface area contributed by atoms with Gasteiger partial charge in [-0.15, -0.1) is 12.4 Å². The average molecular weight is 324 g/mol. The van der Waals surface area contributed by atoms with E-state index in [1.165, 1.54) is 6.07 Å². The molecule has 3 aromatic rings. The van der Waals surface area contributed by atoms with E-state index in [1.54, 1.807) is 10.6 Å². The van der Waals surface area contributed by atoms with E-state index in [-0.39, 0.29) is 23.9 Å². The Morgan fingerprint density at radius 1 is 1.27 bits per heavy atom. The highest BCUT2D eigenvalue weighted by molar-refractivity contribution is 5.88. The van der Waals surface area contributed by atoms with Gasteiger partial charge in [0, 0.05) is 18.1 Å². The third kappa shape index (κ3) is 2.36. The summed E-state index contributed by atoms with van der Waals surface area (Å²) in [7, 11) is 0. The van der Waals surface area contributed by atoms with Crippen LogP contribution in [0.1, 0.15) is 24.5 Å². The molecular formula is C14H15ClFN5O. The lowest BCUT2D eigenvalue weighted by Gasteiger charge is -2.22. The van der Waals surface area contributed by atoms with Crippen LogP contribution in [0.3, 0.4) is 0 Å². The molecular weight excluding hydrogens is 309 g/mol. The van der Waals surface area contributed by atoms with Crippen molar-refractivity contribution in [2.24, 2.45) is 0 Å². The number of piperidine rings is 1. The molecule has 0 bridgehead atoms. The first-order valence-corrected chi connectivity index (χ1v) is 7.00. The van der Waals surface area contributed by atoms with Crippen LogP contribution in [0.4, 0.5) is 4.39 Å². The van der Waals surface area contributed by atoms with Gasteiger partial charge in [-0.25, -0.2) is 13.9 Å². The summed E-state index contributed by atoms with van der Waals surface area (Å²) < 4.78 is 15.0. The van der Waals surface area contributed by atoms with Gasteiger partial charge in [0.15, 0.2) is 5.65 Å². The van der Waals surface area contributed by atoms with Crippen LogP contribution in [-0.4, -0.2) is 32.7 Å². The first-order chi connectivity index (χ1) is 10.2. The van der Waals surface area contributed by atoms with E-state index >= 15 is 0 Å². The number of nitrogens with zero attached hydrogens (tertiary/aromatic N) is 3. The zero-order valence-electron chi connectivity index (χ0n) is 11.7. The summed E-state index contributed by atoms with van der Waals surface area (Å²) in [5.41, 5.74) is 2.19. The largest absolute Gasteiger partial charge is 0.317 e. The molecule has 2 N–H and O–H groups in total. The molecule has 4 rings (SSSR count). The van der Waals surface area contributed by atoms with Crippen LogP contribution in [0.2, 0.25) is 0 Å². The summed E-state index contributed by atoms with van der Waals surface area (Å²) in [6.45, 7) is 1.85. The standard InChI is InChI=1S/C14H14FN5O.ClH/c15-9-5-10-13(17-7-9)14-18-12(21)6-11(20(14)19-10)8-1-3-16-4-2-8;/h5-8,16H,1-4H2,(H,18,21);1H. The molecule has 0 radical (unpaired) electrons. The van der Waals surface area contributed by atoms with E-state index in [0.717, 1.165) is 37.8 Å². The fourth-order valence-corrected chi connectivity index (χ4v) is 3.00. The Hall–Kier alpha value is -1.99. The number of hydrogen-bond acceptors (Lipinski definition) is 4. The van der Waals surface area contributed by atoms with Crippen molar-refractivity contribution in [2.45, 2.75) is 18.8 Å². The van der Waals surface area contributed by atoms with Crippen molar-refractivity contribution in [3.05, 3.63) is 40.2 Å². The predicted octanol–water partition coefficient (Wildman–Crippen LogP) is 1.60. The van der Waals surface area contributed by atoms with Crippen LogP contribution < -0.4 is 10.9 Å². The molecule has 0 unspecified atom stereocenters. The SMILES string of the molecule is Cl.O=c1cc(C2CCNCC2)n2nc3cc(F)cnc3c2[nH]1. The van der Waals surface area contributed by atoms with Gasteiger partial charge in [-0.05, 0) is 25.9 Å². The highest BCUT2D eigenvalue weighted by atomic mass is 35.5. The zero-order valence-corrected chi connectivity index (χ0v) is 12.5. The van der Waals surface area contributed by atoms with Crippen molar-refractivity contribution in [2.75, 3.05) is 13.1 Å². The Bertz CT molecular complexity index is 884. The van der Waals surface area contributed by atoms with E-state index in [9.17, 15) is 9.18 Å². The van der Waals surface area contributed by atoms with Gasteiger partial charge in [0.05, 0.1) is 11.9 Å². The Morgan fingerprint density at radius 3 is 2.82 bits per heavy atom. The molecule has 4 heterocycles. The topological polar surface area (TPSA) is 75.1 Å². The normalized spacial score (nSPS) is 16.0. The molecule has 8 heteroatoms. The molecule has 1 aliphatic heterocycles. The summed E-state index contributed by atoms with van der Waals surface area (Å²) in [5, 5.41) is 7.72. The van der Waals surface area contributed by atoms with Gasteiger partial charge in [0.25, 0.3) is 5.56 Å². The highest BCUT2D eigenvalue weighted by Crippen LogP contribution is 2.26. The monoisotopic (exact) mass is 323 g/mol. The smallest absolute Gasteiger partial charge is 0.251 e. The van der Waals surface area contributed by atoms with Crippen LogP contribution in [0.25, 0.3) is 16.7 Å². The molecule has 1 fully saturated rings. The fraction of sp³-hybridized carbons (Fsp3) is 0.357. The van der Waals surface area contributed by atoms with Gasteiger partial charge in [-0.1, -0.05) is 0 Å². The summed E-state index contributed by atoms with van der Waals surface area (Å²) >= 11 is 0. The van der Waals surface area contributed by atoms with E-state index in [0.29, 0.717) is 16.7 Å². The molecule has 0 aliphatic carbocycles. The van der Waals surface area contributed by atoms with Crippen LogP contribution in [-0.2, 0) is 0 Å². The second-order valence-corrected chi connectivity index (χ2v) is 5.36. The molecule has 6 nitrogen and oxygen atoms in total.